The molecule has 0 saturated heterocycles. The Labute approximate surface area is 97.2 Å². The highest BCUT2D eigenvalue weighted by Crippen LogP contribution is 2.11. The maximum Gasteiger partial charge on any atom is 0.0111 e. The first kappa shape index (κ1) is 12.5. The van der Waals surface area contributed by atoms with E-state index >= 15 is 0 Å². The summed E-state index contributed by atoms with van der Waals surface area (Å²) in [5.74, 6) is 0. The van der Waals surface area contributed by atoms with Gasteiger partial charge in [0.1, 0.15) is 0 Å². The molecule has 1 aromatic rings. The number of allylic oxidation sites excluding steroid dienone is 1. The smallest absolute Gasteiger partial charge is 0.0111 e. The van der Waals surface area contributed by atoms with E-state index in [4.69, 9.17) is 0 Å². The van der Waals surface area contributed by atoms with Crippen LogP contribution in [-0.4, -0.2) is 12.6 Å². The van der Waals surface area contributed by atoms with Crippen LogP contribution in [0.1, 0.15) is 31.7 Å². The number of hydrogen-bond acceptors (Lipinski definition) is 2. The van der Waals surface area contributed by atoms with Crippen LogP contribution in [0.25, 0.3) is 0 Å². The van der Waals surface area contributed by atoms with Crippen molar-refractivity contribution in [2.24, 2.45) is 0 Å². The number of hydrogen-bond donors (Lipinski definition) is 1. The summed E-state index contributed by atoms with van der Waals surface area (Å²) in [7, 11) is 0. The molecule has 15 heavy (non-hydrogen) atoms. The third kappa shape index (κ3) is 5.14. The zero-order chi connectivity index (χ0) is 10.9. The lowest BCUT2D eigenvalue weighted by atomic mass is 10.0. The van der Waals surface area contributed by atoms with E-state index in [9.17, 15) is 0 Å². The summed E-state index contributed by atoms with van der Waals surface area (Å²) in [5, 5.41) is 8.00. The van der Waals surface area contributed by atoms with E-state index in [2.05, 4.69) is 35.6 Å². The molecule has 0 spiro atoms. The average Bonchev–Trinajstić information content (AvgIpc) is 2.74. The van der Waals surface area contributed by atoms with Gasteiger partial charge in [-0.15, -0.1) is 6.58 Å². The van der Waals surface area contributed by atoms with E-state index in [0.717, 1.165) is 19.4 Å². The van der Waals surface area contributed by atoms with E-state index in [1.165, 1.54) is 18.4 Å². The number of thiophene rings is 1. The zero-order valence-corrected chi connectivity index (χ0v) is 10.4. The molecular weight excluding hydrogens is 202 g/mol. The first-order chi connectivity index (χ1) is 7.36. The van der Waals surface area contributed by atoms with Gasteiger partial charge in [0.05, 0.1) is 0 Å². The average molecular weight is 223 g/mol. The summed E-state index contributed by atoms with van der Waals surface area (Å²) in [6.07, 6.45) is 6.66. The van der Waals surface area contributed by atoms with Crippen molar-refractivity contribution in [1.29, 1.82) is 0 Å². The Balaban J connectivity index is 2.37. The molecule has 1 N–H and O–H groups in total. The van der Waals surface area contributed by atoms with Gasteiger partial charge in [-0.2, -0.15) is 11.3 Å². The first-order valence-electron chi connectivity index (χ1n) is 5.72. The minimum Gasteiger partial charge on any atom is -0.314 e. The molecule has 1 rings (SSSR count). The third-order valence-corrected chi connectivity index (χ3v) is 3.20. The standard InChI is InChI=1S/C13H21NS/c1-3-5-6-13(14-8-4-2)10-12-7-9-15-11-12/h3,7,9,11,13-14H,1,4-6,8,10H2,2H3. The highest BCUT2D eigenvalue weighted by atomic mass is 32.1. The SMILES string of the molecule is C=CCCC(Cc1ccsc1)NCCC. The van der Waals surface area contributed by atoms with E-state index in [1.54, 1.807) is 11.3 Å². The molecule has 0 bridgehead atoms. The molecule has 1 unspecified atom stereocenters. The fourth-order valence-corrected chi connectivity index (χ4v) is 2.32. The molecule has 1 heterocycles. The van der Waals surface area contributed by atoms with Crippen molar-refractivity contribution in [1.82, 2.24) is 5.32 Å². The van der Waals surface area contributed by atoms with Gasteiger partial charge in [-0.3, -0.25) is 0 Å². The van der Waals surface area contributed by atoms with Crippen LogP contribution in [0.5, 0.6) is 0 Å². The van der Waals surface area contributed by atoms with Crippen LogP contribution in [0.3, 0.4) is 0 Å². The van der Waals surface area contributed by atoms with E-state index in [-0.39, 0.29) is 0 Å². The van der Waals surface area contributed by atoms with Crippen LogP contribution in [0.4, 0.5) is 0 Å². The second-order valence-corrected chi connectivity index (χ2v) is 4.63. The fraction of sp³-hybridized carbons (Fsp3) is 0.538. The topological polar surface area (TPSA) is 12.0 Å². The predicted octanol–water partition coefficient (Wildman–Crippen LogP) is 3.63. The molecule has 0 aromatic carbocycles. The van der Waals surface area contributed by atoms with Crippen LogP contribution < -0.4 is 5.32 Å². The van der Waals surface area contributed by atoms with Gasteiger partial charge in [0.2, 0.25) is 0 Å². The Morgan fingerprint density at radius 1 is 1.60 bits per heavy atom. The van der Waals surface area contributed by atoms with Gasteiger partial charge in [-0.05, 0) is 54.6 Å². The molecule has 0 aliphatic rings. The summed E-state index contributed by atoms with van der Waals surface area (Å²) >= 11 is 1.78. The Morgan fingerprint density at radius 2 is 2.47 bits per heavy atom. The minimum absolute atomic E-state index is 0.609. The lowest BCUT2D eigenvalue weighted by Gasteiger charge is -2.17. The van der Waals surface area contributed by atoms with Crippen LogP contribution in [-0.2, 0) is 6.42 Å². The molecule has 0 fully saturated rings. The maximum atomic E-state index is 3.78. The third-order valence-electron chi connectivity index (χ3n) is 2.46. The van der Waals surface area contributed by atoms with Crippen LogP contribution in [0, 0.1) is 0 Å². The first-order valence-corrected chi connectivity index (χ1v) is 6.66. The van der Waals surface area contributed by atoms with Gasteiger partial charge in [-0.1, -0.05) is 13.0 Å². The second-order valence-electron chi connectivity index (χ2n) is 3.85. The van der Waals surface area contributed by atoms with Crippen LogP contribution >= 0.6 is 11.3 Å². The van der Waals surface area contributed by atoms with Crippen LogP contribution in [0.2, 0.25) is 0 Å². The molecule has 2 heteroatoms. The Hall–Kier alpha value is -0.600. The van der Waals surface area contributed by atoms with Crippen molar-refractivity contribution >= 4 is 11.3 Å². The summed E-state index contributed by atoms with van der Waals surface area (Å²) in [6.45, 7) is 7.11. The lowest BCUT2D eigenvalue weighted by Crippen LogP contribution is -2.31. The van der Waals surface area contributed by atoms with Gasteiger partial charge in [0.15, 0.2) is 0 Å². The maximum absolute atomic E-state index is 3.78. The molecular formula is C13H21NS. The van der Waals surface area contributed by atoms with Gasteiger partial charge in [0, 0.05) is 6.04 Å². The van der Waals surface area contributed by atoms with Gasteiger partial charge in [-0.25, -0.2) is 0 Å². The summed E-state index contributed by atoms with van der Waals surface area (Å²) < 4.78 is 0. The molecule has 0 radical (unpaired) electrons. The van der Waals surface area contributed by atoms with Crippen molar-refractivity contribution in [3.05, 3.63) is 35.0 Å². The lowest BCUT2D eigenvalue weighted by molar-refractivity contribution is 0.481. The summed E-state index contributed by atoms with van der Waals surface area (Å²) in [5.41, 5.74) is 1.46. The molecule has 1 nitrogen and oxygen atoms in total. The monoisotopic (exact) mass is 223 g/mol. The fourth-order valence-electron chi connectivity index (χ4n) is 1.64. The predicted molar refractivity (Wildman–Crippen MR) is 69.5 cm³/mol. The Bertz CT molecular complexity index is 254. The Morgan fingerprint density at radius 3 is 3.07 bits per heavy atom. The van der Waals surface area contributed by atoms with Gasteiger partial charge >= 0.3 is 0 Å². The molecule has 1 atom stereocenters. The van der Waals surface area contributed by atoms with E-state index in [1.807, 2.05) is 6.08 Å². The highest BCUT2D eigenvalue weighted by molar-refractivity contribution is 7.07. The second kappa shape index (κ2) is 7.66. The van der Waals surface area contributed by atoms with E-state index < -0.39 is 0 Å². The molecule has 1 aromatic heterocycles. The van der Waals surface area contributed by atoms with Crippen molar-refractivity contribution in [3.63, 3.8) is 0 Å². The normalized spacial score (nSPS) is 12.6. The minimum atomic E-state index is 0.609. The zero-order valence-electron chi connectivity index (χ0n) is 9.54. The van der Waals surface area contributed by atoms with Crippen LogP contribution in [0.15, 0.2) is 29.5 Å². The Kier molecular flexibility index (Phi) is 6.37. The number of nitrogens with one attached hydrogen (secondary N) is 1. The van der Waals surface area contributed by atoms with Gasteiger partial charge < -0.3 is 5.32 Å². The van der Waals surface area contributed by atoms with E-state index in [0.29, 0.717) is 6.04 Å². The molecule has 0 aliphatic heterocycles. The summed E-state index contributed by atoms with van der Waals surface area (Å²) in [4.78, 5) is 0. The molecule has 0 aliphatic carbocycles. The summed E-state index contributed by atoms with van der Waals surface area (Å²) in [6, 6.07) is 2.83. The molecule has 84 valence electrons. The van der Waals surface area contributed by atoms with Crippen molar-refractivity contribution < 1.29 is 0 Å². The molecule has 0 saturated carbocycles. The number of rotatable bonds is 8. The van der Waals surface area contributed by atoms with Gasteiger partial charge in [0.25, 0.3) is 0 Å². The van der Waals surface area contributed by atoms with Crippen molar-refractivity contribution in [2.75, 3.05) is 6.54 Å². The van der Waals surface area contributed by atoms with Crippen molar-refractivity contribution in [3.8, 4) is 0 Å². The quantitative estimate of drug-likeness (QED) is 0.664. The largest absolute Gasteiger partial charge is 0.314 e. The van der Waals surface area contributed by atoms with Crippen molar-refractivity contribution in [2.45, 2.75) is 38.6 Å². The highest BCUT2D eigenvalue weighted by Gasteiger charge is 2.07. The molecule has 0 amide bonds.